The van der Waals surface area contributed by atoms with Crippen LogP contribution in [0.1, 0.15) is 27.2 Å². The minimum absolute atomic E-state index is 0.0286. The first-order chi connectivity index (χ1) is 6.72. The number of aromatic nitrogens is 1. The molecule has 0 saturated carbocycles. The van der Waals surface area contributed by atoms with E-state index < -0.39 is 0 Å². The Morgan fingerprint density at radius 3 is 2.57 bits per heavy atom. The van der Waals surface area contributed by atoms with Gasteiger partial charge in [-0.25, -0.2) is 4.98 Å². The number of halogens is 1. The molecule has 14 heavy (non-hydrogen) atoms. The summed E-state index contributed by atoms with van der Waals surface area (Å²) in [5.41, 5.74) is 0.672. The maximum atomic E-state index is 10.9. The summed E-state index contributed by atoms with van der Waals surface area (Å²) in [7, 11) is 0. The van der Waals surface area contributed by atoms with Crippen LogP contribution in [-0.2, 0) is 4.79 Å². The largest absolute Gasteiger partial charge is 0.325 e. The molecule has 4 heteroatoms. The molecule has 0 aliphatic carbocycles. The number of carbonyl (C=O) groups is 1. The van der Waals surface area contributed by atoms with Crippen molar-refractivity contribution in [1.82, 2.24) is 4.98 Å². The second-order valence-electron chi connectivity index (χ2n) is 2.27. The van der Waals surface area contributed by atoms with Crippen LogP contribution in [-0.4, -0.2) is 10.9 Å². The quantitative estimate of drug-likeness (QED) is 0.769. The lowest BCUT2D eigenvalue weighted by molar-refractivity contribution is -0.115. The van der Waals surface area contributed by atoms with Gasteiger partial charge in [-0.1, -0.05) is 32.4 Å². The molecule has 1 aromatic heterocycles. The number of rotatable bonds is 2. The smallest absolute Gasteiger partial charge is 0.224 e. The Hall–Kier alpha value is -1.09. The predicted molar refractivity (Wildman–Crippen MR) is 59.5 cm³/mol. The van der Waals surface area contributed by atoms with Crippen LogP contribution in [0.3, 0.4) is 0 Å². The van der Waals surface area contributed by atoms with Gasteiger partial charge in [0.25, 0.3) is 0 Å². The summed E-state index contributed by atoms with van der Waals surface area (Å²) in [5, 5.41) is 3.08. The van der Waals surface area contributed by atoms with Gasteiger partial charge in [0.15, 0.2) is 0 Å². The fourth-order valence-corrected chi connectivity index (χ4v) is 0.811. The summed E-state index contributed by atoms with van der Waals surface area (Å²) in [6, 6.07) is 3.34. The van der Waals surface area contributed by atoms with Crippen molar-refractivity contribution >= 4 is 23.2 Å². The van der Waals surface area contributed by atoms with Gasteiger partial charge in [0.1, 0.15) is 5.15 Å². The number of pyridine rings is 1. The van der Waals surface area contributed by atoms with Gasteiger partial charge in [-0.2, -0.15) is 0 Å². The molecule has 0 aliphatic rings. The summed E-state index contributed by atoms with van der Waals surface area (Å²) in [6.45, 7) is 5.79. The average Bonchev–Trinajstić information content (AvgIpc) is 2.24. The van der Waals surface area contributed by atoms with Crippen LogP contribution in [0.5, 0.6) is 0 Å². The van der Waals surface area contributed by atoms with Crippen molar-refractivity contribution in [3.8, 4) is 0 Å². The first-order valence-electron chi connectivity index (χ1n) is 4.63. The fraction of sp³-hybridized carbons (Fsp3) is 0.400. The number of nitrogens with one attached hydrogen (secondary N) is 1. The molecular weight excluding hydrogens is 200 g/mol. The highest BCUT2D eigenvalue weighted by molar-refractivity contribution is 6.29. The van der Waals surface area contributed by atoms with E-state index in [2.05, 4.69) is 10.3 Å². The lowest BCUT2D eigenvalue weighted by Crippen LogP contribution is -2.09. The molecule has 0 aliphatic heterocycles. The van der Waals surface area contributed by atoms with Crippen molar-refractivity contribution in [3.63, 3.8) is 0 Å². The zero-order chi connectivity index (χ0) is 11.0. The molecule has 1 heterocycles. The van der Waals surface area contributed by atoms with Crippen molar-refractivity contribution in [2.45, 2.75) is 27.2 Å². The van der Waals surface area contributed by atoms with Crippen LogP contribution >= 0.6 is 11.6 Å². The van der Waals surface area contributed by atoms with Crippen LogP contribution in [0.2, 0.25) is 5.15 Å². The maximum absolute atomic E-state index is 10.9. The number of hydrogen-bond acceptors (Lipinski definition) is 2. The summed E-state index contributed by atoms with van der Waals surface area (Å²) < 4.78 is 0. The Morgan fingerprint density at radius 1 is 1.50 bits per heavy atom. The minimum atomic E-state index is -0.0286. The lowest BCUT2D eigenvalue weighted by atomic mass is 10.4. The lowest BCUT2D eigenvalue weighted by Gasteiger charge is -2.01. The second-order valence-corrected chi connectivity index (χ2v) is 2.66. The van der Waals surface area contributed by atoms with Crippen molar-refractivity contribution in [3.05, 3.63) is 23.5 Å². The van der Waals surface area contributed by atoms with Gasteiger partial charge in [0, 0.05) is 6.42 Å². The van der Waals surface area contributed by atoms with E-state index in [0.717, 1.165) is 0 Å². The number of nitrogens with zero attached hydrogens (tertiary/aromatic N) is 1. The van der Waals surface area contributed by atoms with Crippen LogP contribution in [0, 0.1) is 0 Å². The zero-order valence-corrected chi connectivity index (χ0v) is 9.43. The first kappa shape index (κ1) is 12.9. The normalized spacial score (nSPS) is 8.57. The van der Waals surface area contributed by atoms with Gasteiger partial charge >= 0.3 is 0 Å². The molecular formula is C10H15ClN2O. The van der Waals surface area contributed by atoms with Crippen LogP contribution < -0.4 is 5.32 Å². The van der Waals surface area contributed by atoms with E-state index in [0.29, 0.717) is 17.3 Å². The Morgan fingerprint density at radius 2 is 2.14 bits per heavy atom. The third kappa shape index (κ3) is 4.82. The van der Waals surface area contributed by atoms with Gasteiger partial charge in [0.2, 0.25) is 5.91 Å². The molecule has 0 aromatic carbocycles. The molecule has 78 valence electrons. The van der Waals surface area contributed by atoms with E-state index in [9.17, 15) is 4.79 Å². The molecule has 1 amide bonds. The van der Waals surface area contributed by atoms with Crippen LogP contribution in [0.4, 0.5) is 5.69 Å². The minimum Gasteiger partial charge on any atom is -0.325 e. The Balaban J connectivity index is 0.000000791. The summed E-state index contributed by atoms with van der Waals surface area (Å²) in [6.07, 6.45) is 1.98. The van der Waals surface area contributed by atoms with Gasteiger partial charge in [-0.3, -0.25) is 4.79 Å². The first-order valence-corrected chi connectivity index (χ1v) is 5.01. The standard InChI is InChI=1S/C8H9ClN2O.C2H6/c1-2-8(12)11-6-3-4-7(9)10-5-6;1-2/h3-5H,2H2,1H3,(H,11,12);1-2H3. The van der Waals surface area contributed by atoms with E-state index in [1.807, 2.05) is 13.8 Å². The molecule has 0 bridgehead atoms. The van der Waals surface area contributed by atoms with Gasteiger partial charge in [0.05, 0.1) is 11.9 Å². The molecule has 0 spiro atoms. The highest BCUT2D eigenvalue weighted by atomic mass is 35.5. The number of anilines is 1. The third-order valence-corrected chi connectivity index (χ3v) is 1.56. The molecule has 0 saturated heterocycles. The summed E-state index contributed by atoms with van der Waals surface area (Å²) in [4.78, 5) is 14.7. The molecule has 1 N–H and O–H groups in total. The zero-order valence-electron chi connectivity index (χ0n) is 8.67. The highest BCUT2D eigenvalue weighted by Crippen LogP contribution is 2.09. The van der Waals surface area contributed by atoms with Crippen molar-refractivity contribution in [2.24, 2.45) is 0 Å². The summed E-state index contributed by atoms with van der Waals surface area (Å²) >= 11 is 5.56. The Labute approximate surface area is 89.5 Å². The Kier molecular flexibility index (Phi) is 6.76. The Bertz CT molecular complexity index is 272. The molecule has 1 aromatic rings. The number of carbonyl (C=O) groups excluding carboxylic acids is 1. The average molecular weight is 215 g/mol. The summed E-state index contributed by atoms with van der Waals surface area (Å²) in [5.74, 6) is -0.0286. The van der Waals surface area contributed by atoms with Crippen LogP contribution in [0.25, 0.3) is 0 Å². The van der Waals surface area contributed by atoms with Gasteiger partial charge < -0.3 is 5.32 Å². The van der Waals surface area contributed by atoms with Crippen molar-refractivity contribution < 1.29 is 4.79 Å². The molecule has 3 nitrogen and oxygen atoms in total. The second kappa shape index (κ2) is 7.33. The monoisotopic (exact) mass is 214 g/mol. The maximum Gasteiger partial charge on any atom is 0.224 e. The molecule has 0 atom stereocenters. The molecule has 0 radical (unpaired) electrons. The van der Waals surface area contributed by atoms with Crippen molar-refractivity contribution in [1.29, 1.82) is 0 Å². The molecule has 0 fully saturated rings. The van der Waals surface area contributed by atoms with E-state index in [-0.39, 0.29) is 5.91 Å². The molecule has 1 rings (SSSR count). The van der Waals surface area contributed by atoms with E-state index in [4.69, 9.17) is 11.6 Å². The SMILES string of the molecule is CC.CCC(=O)Nc1ccc(Cl)nc1. The van der Waals surface area contributed by atoms with E-state index >= 15 is 0 Å². The van der Waals surface area contributed by atoms with Crippen molar-refractivity contribution in [2.75, 3.05) is 5.32 Å². The predicted octanol–water partition coefficient (Wildman–Crippen LogP) is 3.11. The van der Waals surface area contributed by atoms with E-state index in [1.54, 1.807) is 19.1 Å². The number of amides is 1. The highest BCUT2D eigenvalue weighted by Gasteiger charge is 1.97. The van der Waals surface area contributed by atoms with E-state index in [1.165, 1.54) is 6.20 Å². The van der Waals surface area contributed by atoms with Crippen LogP contribution in [0.15, 0.2) is 18.3 Å². The topological polar surface area (TPSA) is 42.0 Å². The molecule has 0 unspecified atom stereocenters. The number of hydrogen-bond donors (Lipinski definition) is 1. The fourth-order valence-electron chi connectivity index (χ4n) is 0.699. The third-order valence-electron chi connectivity index (χ3n) is 1.33. The van der Waals surface area contributed by atoms with Gasteiger partial charge in [-0.05, 0) is 12.1 Å². The van der Waals surface area contributed by atoms with Gasteiger partial charge in [-0.15, -0.1) is 0 Å².